The first kappa shape index (κ1) is 15.5. The topological polar surface area (TPSA) is 85.1 Å². The number of halogens is 3. The number of hydrogen-bond donors (Lipinski definition) is 2. The van der Waals surface area contributed by atoms with Crippen molar-refractivity contribution in [2.45, 2.75) is 19.1 Å². The van der Waals surface area contributed by atoms with E-state index in [1.54, 1.807) is 0 Å². The van der Waals surface area contributed by atoms with Crippen molar-refractivity contribution in [3.05, 3.63) is 18.0 Å². The van der Waals surface area contributed by atoms with Gasteiger partial charge in [-0.3, -0.25) is 0 Å². The molecule has 3 N–H and O–H groups in total. The van der Waals surface area contributed by atoms with Crippen LogP contribution in [0.5, 0.6) is 0 Å². The number of nitrogens with one attached hydrogen (secondary N) is 1. The molecule has 9 heteroatoms. The first-order chi connectivity index (χ1) is 8.49. The smallest absolute Gasteiger partial charge is 0.396 e. The second-order valence-corrected chi connectivity index (χ2v) is 6.48. The fraction of sp³-hybridized carbons (Fsp3) is 0.500. The fourth-order valence-electron chi connectivity index (χ4n) is 1.51. The van der Waals surface area contributed by atoms with Gasteiger partial charge in [-0.1, -0.05) is 0 Å². The quantitative estimate of drug-likeness (QED) is 0.880. The molecular formula is C10H14F3N3O2S. The Hall–Kier alpha value is -1.51. The van der Waals surface area contributed by atoms with E-state index in [0.29, 0.717) is 0 Å². The van der Waals surface area contributed by atoms with Gasteiger partial charge in [0.2, 0.25) is 0 Å². The Morgan fingerprint density at radius 2 is 2.05 bits per heavy atom. The largest absolute Gasteiger partial charge is 0.433 e. The highest BCUT2D eigenvalue weighted by Crippen LogP contribution is 2.31. The number of nitrogen functional groups attached to an aromatic ring is 1. The number of anilines is 2. The minimum Gasteiger partial charge on any atom is -0.396 e. The van der Waals surface area contributed by atoms with Gasteiger partial charge in [0.25, 0.3) is 0 Å². The maximum absolute atomic E-state index is 12.5. The van der Waals surface area contributed by atoms with Crippen molar-refractivity contribution in [2.75, 3.05) is 23.1 Å². The predicted octanol–water partition coefficient (Wildman–Crippen LogP) is 1.53. The molecule has 1 rings (SSSR count). The third-order valence-corrected chi connectivity index (χ3v) is 3.29. The number of hydrogen-bond acceptors (Lipinski definition) is 5. The van der Waals surface area contributed by atoms with E-state index in [1.807, 2.05) is 0 Å². The molecule has 0 aliphatic carbocycles. The van der Waals surface area contributed by atoms with E-state index < -0.39 is 27.7 Å². The Kier molecular flexibility index (Phi) is 4.28. The molecule has 1 heterocycles. The van der Waals surface area contributed by atoms with Crippen molar-refractivity contribution in [2.24, 2.45) is 0 Å². The highest BCUT2D eigenvalue weighted by molar-refractivity contribution is 7.90. The minimum absolute atomic E-state index is 0.0125. The Morgan fingerprint density at radius 3 is 2.53 bits per heavy atom. The summed E-state index contributed by atoms with van der Waals surface area (Å²) in [4.78, 5) is 3.18. The molecule has 0 aromatic carbocycles. The maximum Gasteiger partial charge on any atom is 0.433 e. The summed E-state index contributed by atoms with van der Waals surface area (Å²) in [5, 5.41) is 2.64. The van der Waals surface area contributed by atoms with Crippen LogP contribution in [0.2, 0.25) is 0 Å². The van der Waals surface area contributed by atoms with E-state index in [1.165, 1.54) is 6.92 Å². The Bertz CT molecular complexity index is 558. The van der Waals surface area contributed by atoms with Crippen LogP contribution in [-0.4, -0.2) is 31.5 Å². The number of nitrogens with two attached hydrogens (primary N) is 1. The Labute approximate surface area is 108 Å². The van der Waals surface area contributed by atoms with Crippen molar-refractivity contribution in [1.29, 1.82) is 0 Å². The number of sulfone groups is 1. The number of pyridine rings is 1. The van der Waals surface area contributed by atoms with Gasteiger partial charge in [-0.25, -0.2) is 13.4 Å². The van der Waals surface area contributed by atoms with E-state index >= 15 is 0 Å². The van der Waals surface area contributed by atoms with Crippen molar-refractivity contribution in [3.63, 3.8) is 0 Å². The van der Waals surface area contributed by atoms with Gasteiger partial charge in [0.1, 0.15) is 15.5 Å². The van der Waals surface area contributed by atoms with E-state index in [-0.39, 0.29) is 17.1 Å². The SMILES string of the molecule is CC(CS(C)(=O)=O)Nc1cc(C(F)(F)F)ncc1N. The fourth-order valence-corrected chi connectivity index (χ4v) is 2.50. The Morgan fingerprint density at radius 1 is 1.47 bits per heavy atom. The molecule has 0 radical (unpaired) electrons. The standard InChI is InChI=1S/C10H14F3N3O2S/c1-6(5-19(2,17)18)16-8-3-9(10(11,12)13)15-4-7(8)14/h3-4,6H,5,14H2,1-2H3,(H,15,16). The molecule has 0 saturated carbocycles. The van der Waals surface area contributed by atoms with Gasteiger partial charge >= 0.3 is 6.18 Å². The number of aromatic nitrogens is 1. The molecule has 5 nitrogen and oxygen atoms in total. The molecule has 108 valence electrons. The Balaban J connectivity index is 2.95. The normalized spacial score (nSPS) is 14.2. The van der Waals surface area contributed by atoms with Gasteiger partial charge in [0.15, 0.2) is 0 Å². The molecule has 0 aliphatic heterocycles. The second kappa shape index (κ2) is 5.24. The molecule has 0 amide bonds. The molecule has 1 atom stereocenters. The molecule has 0 bridgehead atoms. The molecule has 1 aromatic rings. The third-order valence-electron chi connectivity index (χ3n) is 2.18. The average molecular weight is 297 g/mol. The van der Waals surface area contributed by atoms with E-state index in [2.05, 4.69) is 10.3 Å². The van der Waals surface area contributed by atoms with Crippen molar-refractivity contribution in [3.8, 4) is 0 Å². The van der Waals surface area contributed by atoms with Gasteiger partial charge in [-0.15, -0.1) is 0 Å². The number of alkyl halides is 3. The molecule has 0 fully saturated rings. The van der Waals surface area contributed by atoms with Crippen LogP contribution < -0.4 is 11.1 Å². The molecule has 1 unspecified atom stereocenters. The summed E-state index contributed by atoms with van der Waals surface area (Å²) in [6.07, 6.45) is -2.65. The van der Waals surface area contributed by atoms with Crippen LogP contribution in [0.3, 0.4) is 0 Å². The zero-order chi connectivity index (χ0) is 14.8. The monoisotopic (exact) mass is 297 g/mol. The van der Waals surface area contributed by atoms with Crippen molar-refractivity contribution in [1.82, 2.24) is 4.98 Å². The summed E-state index contributed by atoms with van der Waals surface area (Å²) in [5.41, 5.74) is 4.45. The third kappa shape index (κ3) is 4.93. The summed E-state index contributed by atoms with van der Waals surface area (Å²) < 4.78 is 59.6. The van der Waals surface area contributed by atoms with Crippen molar-refractivity contribution < 1.29 is 21.6 Å². The maximum atomic E-state index is 12.5. The molecule has 0 spiro atoms. The van der Waals surface area contributed by atoms with Crippen LogP contribution in [0.25, 0.3) is 0 Å². The van der Waals surface area contributed by atoms with E-state index in [9.17, 15) is 21.6 Å². The van der Waals surface area contributed by atoms with Gasteiger partial charge < -0.3 is 11.1 Å². The summed E-state index contributed by atoms with van der Waals surface area (Å²) in [7, 11) is -3.24. The predicted molar refractivity (Wildman–Crippen MR) is 66.4 cm³/mol. The van der Waals surface area contributed by atoms with Crippen LogP contribution in [-0.2, 0) is 16.0 Å². The highest BCUT2D eigenvalue weighted by atomic mass is 32.2. The van der Waals surface area contributed by atoms with Crippen LogP contribution in [0.1, 0.15) is 12.6 Å². The lowest BCUT2D eigenvalue weighted by atomic mass is 10.2. The first-order valence-electron chi connectivity index (χ1n) is 5.26. The molecule has 0 saturated heterocycles. The zero-order valence-corrected chi connectivity index (χ0v) is 11.1. The van der Waals surface area contributed by atoms with Crippen LogP contribution in [0.4, 0.5) is 24.5 Å². The lowest BCUT2D eigenvalue weighted by Crippen LogP contribution is -2.25. The van der Waals surface area contributed by atoms with E-state index in [4.69, 9.17) is 5.73 Å². The highest BCUT2D eigenvalue weighted by Gasteiger charge is 2.33. The first-order valence-corrected chi connectivity index (χ1v) is 7.32. The summed E-state index contributed by atoms with van der Waals surface area (Å²) in [6.45, 7) is 1.54. The van der Waals surface area contributed by atoms with Gasteiger partial charge in [-0.05, 0) is 13.0 Å². The van der Waals surface area contributed by atoms with Crippen molar-refractivity contribution >= 4 is 21.2 Å². The van der Waals surface area contributed by atoms with Gasteiger partial charge in [-0.2, -0.15) is 13.2 Å². The van der Waals surface area contributed by atoms with Crippen LogP contribution in [0, 0.1) is 0 Å². The summed E-state index contributed by atoms with van der Waals surface area (Å²) in [6, 6.07) is 0.189. The number of rotatable bonds is 4. The lowest BCUT2D eigenvalue weighted by Gasteiger charge is -2.17. The summed E-state index contributed by atoms with van der Waals surface area (Å²) >= 11 is 0. The van der Waals surface area contributed by atoms with Crippen LogP contribution >= 0.6 is 0 Å². The average Bonchev–Trinajstić information content (AvgIpc) is 2.16. The van der Waals surface area contributed by atoms with Gasteiger partial charge in [0.05, 0.1) is 23.3 Å². The minimum atomic E-state index is -4.58. The second-order valence-electron chi connectivity index (χ2n) is 4.29. The lowest BCUT2D eigenvalue weighted by molar-refractivity contribution is -0.141. The zero-order valence-electron chi connectivity index (χ0n) is 10.3. The van der Waals surface area contributed by atoms with Crippen LogP contribution in [0.15, 0.2) is 12.3 Å². The molecule has 19 heavy (non-hydrogen) atoms. The number of nitrogens with zero attached hydrogens (tertiary/aromatic N) is 1. The van der Waals surface area contributed by atoms with E-state index in [0.717, 1.165) is 18.5 Å². The molecular weight excluding hydrogens is 283 g/mol. The molecule has 1 aromatic heterocycles. The van der Waals surface area contributed by atoms with Gasteiger partial charge in [0, 0.05) is 12.3 Å². The molecule has 0 aliphatic rings. The summed E-state index contributed by atoms with van der Waals surface area (Å²) in [5.74, 6) is -0.212.